The van der Waals surface area contributed by atoms with Crippen molar-refractivity contribution in [2.24, 2.45) is 5.92 Å². The Kier molecular flexibility index (Phi) is 5.70. The predicted octanol–water partition coefficient (Wildman–Crippen LogP) is 2.43. The number of benzene rings is 1. The van der Waals surface area contributed by atoms with Crippen molar-refractivity contribution in [2.75, 3.05) is 18.4 Å². The number of hydrogen-bond donors (Lipinski definition) is 2. The second kappa shape index (κ2) is 7.07. The Labute approximate surface area is 104 Å². The van der Waals surface area contributed by atoms with E-state index in [4.69, 9.17) is 0 Å². The number of nitrogens with one attached hydrogen (secondary N) is 2. The summed E-state index contributed by atoms with van der Waals surface area (Å²) in [7, 11) is 0. The van der Waals surface area contributed by atoms with Crippen LogP contribution in [0.3, 0.4) is 0 Å². The Balaban J connectivity index is 2.34. The molecular weight excluding hydrogens is 212 g/mol. The first-order valence-corrected chi connectivity index (χ1v) is 6.21. The van der Waals surface area contributed by atoms with Crippen molar-refractivity contribution in [3.8, 4) is 0 Å². The van der Waals surface area contributed by atoms with Crippen LogP contribution in [0.1, 0.15) is 26.3 Å². The van der Waals surface area contributed by atoms with Crippen molar-refractivity contribution in [1.82, 2.24) is 5.32 Å². The van der Waals surface area contributed by atoms with E-state index in [0.717, 1.165) is 18.7 Å². The molecule has 0 spiro atoms. The van der Waals surface area contributed by atoms with E-state index in [1.807, 2.05) is 24.3 Å². The number of carbonyl (C=O) groups excluding carboxylic acids is 1. The molecule has 0 unspecified atom stereocenters. The fourth-order valence-corrected chi connectivity index (χ4v) is 1.50. The summed E-state index contributed by atoms with van der Waals surface area (Å²) in [6, 6.07) is 7.96. The first-order chi connectivity index (χ1) is 8.11. The summed E-state index contributed by atoms with van der Waals surface area (Å²) in [4.78, 5) is 11.6. The SMILES string of the molecule is CCc1ccc(NC(=O)CNCC(C)C)cc1. The smallest absolute Gasteiger partial charge is 0.238 e. The van der Waals surface area contributed by atoms with Gasteiger partial charge in [0.1, 0.15) is 0 Å². The van der Waals surface area contributed by atoms with Crippen LogP contribution in [0.15, 0.2) is 24.3 Å². The van der Waals surface area contributed by atoms with Crippen molar-refractivity contribution in [3.63, 3.8) is 0 Å². The maximum absolute atomic E-state index is 11.6. The Morgan fingerprint density at radius 3 is 2.41 bits per heavy atom. The second-order valence-corrected chi connectivity index (χ2v) is 4.62. The van der Waals surface area contributed by atoms with Crippen LogP contribution >= 0.6 is 0 Å². The highest BCUT2D eigenvalue weighted by Crippen LogP contribution is 2.09. The third-order valence-corrected chi connectivity index (χ3v) is 2.48. The van der Waals surface area contributed by atoms with Crippen LogP contribution < -0.4 is 10.6 Å². The molecule has 94 valence electrons. The highest BCUT2D eigenvalue weighted by Gasteiger charge is 2.02. The average molecular weight is 234 g/mol. The maximum atomic E-state index is 11.6. The van der Waals surface area contributed by atoms with Gasteiger partial charge in [-0.25, -0.2) is 0 Å². The van der Waals surface area contributed by atoms with Gasteiger partial charge >= 0.3 is 0 Å². The van der Waals surface area contributed by atoms with Gasteiger partial charge in [-0.3, -0.25) is 4.79 Å². The van der Waals surface area contributed by atoms with E-state index in [0.29, 0.717) is 12.5 Å². The molecule has 3 heteroatoms. The first-order valence-electron chi connectivity index (χ1n) is 6.21. The van der Waals surface area contributed by atoms with Crippen LogP contribution in [0.2, 0.25) is 0 Å². The quantitative estimate of drug-likeness (QED) is 0.793. The predicted molar refractivity (Wildman–Crippen MR) is 72.2 cm³/mol. The molecule has 0 atom stereocenters. The van der Waals surface area contributed by atoms with Crippen molar-refractivity contribution >= 4 is 11.6 Å². The van der Waals surface area contributed by atoms with Crippen LogP contribution in [0, 0.1) is 5.92 Å². The standard InChI is InChI=1S/C14H22N2O/c1-4-12-5-7-13(8-6-12)16-14(17)10-15-9-11(2)3/h5-8,11,15H,4,9-10H2,1-3H3,(H,16,17). The number of carbonyl (C=O) groups is 1. The zero-order chi connectivity index (χ0) is 12.7. The van der Waals surface area contributed by atoms with Crippen LogP contribution in [0.25, 0.3) is 0 Å². The number of aryl methyl sites for hydroxylation is 1. The lowest BCUT2D eigenvalue weighted by Crippen LogP contribution is -2.30. The van der Waals surface area contributed by atoms with E-state index in [9.17, 15) is 4.79 Å². The first kappa shape index (κ1) is 13.7. The molecule has 0 heterocycles. The van der Waals surface area contributed by atoms with Crippen LogP contribution in [-0.4, -0.2) is 19.0 Å². The van der Waals surface area contributed by atoms with Crippen molar-refractivity contribution < 1.29 is 4.79 Å². The number of rotatable bonds is 6. The van der Waals surface area contributed by atoms with Crippen LogP contribution in [0.4, 0.5) is 5.69 Å². The molecule has 1 aromatic rings. The van der Waals surface area contributed by atoms with Gasteiger partial charge in [-0.05, 0) is 36.6 Å². The molecule has 1 rings (SSSR count). The molecule has 2 N–H and O–H groups in total. The summed E-state index contributed by atoms with van der Waals surface area (Å²) in [5.41, 5.74) is 2.14. The summed E-state index contributed by atoms with van der Waals surface area (Å²) >= 11 is 0. The zero-order valence-electron chi connectivity index (χ0n) is 10.9. The van der Waals surface area contributed by atoms with Crippen molar-refractivity contribution in [2.45, 2.75) is 27.2 Å². The van der Waals surface area contributed by atoms with Gasteiger partial charge in [-0.15, -0.1) is 0 Å². The second-order valence-electron chi connectivity index (χ2n) is 4.62. The molecule has 3 nitrogen and oxygen atoms in total. The van der Waals surface area contributed by atoms with E-state index in [-0.39, 0.29) is 5.91 Å². The highest BCUT2D eigenvalue weighted by molar-refractivity contribution is 5.92. The minimum atomic E-state index is 0.00917. The Morgan fingerprint density at radius 2 is 1.88 bits per heavy atom. The summed E-state index contributed by atoms with van der Waals surface area (Å²) in [5.74, 6) is 0.571. The fourth-order valence-electron chi connectivity index (χ4n) is 1.50. The molecule has 0 fully saturated rings. The topological polar surface area (TPSA) is 41.1 Å². The summed E-state index contributed by atoms with van der Waals surface area (Å²) < 4.78 is 0. The molecule has 0 aliphatic rings. The van der Waals surface area contributed by atoms with Crippen LogP contribution in [-0.2, 0) is 11.2 Å². The summed E-state index contributed by atoms with van der Waals surface area (Å²) in [5, 5.41) is 5.98. The number of amides is 1. The van der Waals surface area contributed by atoms with Crippen molar-refractivity contribution in [1.29, 1.82) is 0 Å². The lowest BCUT2D eigenvalue weighted by Gasteiger charge is -2.08. The fraction of sp³-hybridized carbons (Fsp3) is 0.500. The Bertz CT molecular complexity index is 344. The molecular formula is C14H22N2O. The van der Waals surface area contributed by atoms with Gasteiger partial charge in [-0.2, -0.15) is 0 Å². The van der Waals surface area contributed by atoms with Gasteiger partial charge in [0.25, 0.3) is 0 Å². The highest BCUT2D eigenvalue weighted by atomic mass is 16.1. The largest absolute Gasteiger partial charge is 0.325 e. The normalized spacial score (nSPS) is 10.6. The van der Waals surface area contributed by atoms with E-state index in [1.165, 1.54) is 5.56 Å². The van der Waals surface area contributed by atoms with Gasteiger partial charge in [0.2, 0.25) is 5.91 Å². The minimum absolute atomic E-state index is 0.00917. The maximum Gasteiger partial charge on any atom is 0.238 e. The van der Waals surface area contributed by atoms with Gasteiger partial charge in [0, 0.05) is 5.69 Å². The van der Waals surface area contributed by atoms with E-state index in [1.54, 1.807) is 0 Å². The van der Waals surface area contributed by atoms with Gasteiger partial charge in [-0.1, -0.05) is 32.9 Å². The summed E-state index contributed by atoms with van der Waals surface area (Å²) in [6.07, 6.45) is 1.02. The molecule has 0 aromatic heterocycles. The molecule has 0 saturated heterocycles. The minimum Gasteiger partial charge on any atom is -0.325 e. The molecule has 1 amide bonds. The molecule has 0 bridgehead atoms. The molecule has 0 aliphatic heterocycles. The molecule has 0 aliphatic carbocycles. The van der Waals surface area contributed by atoms with E-state index in [2.05, 4.69) is 31.4 Å². The third-order valence-electron chi connectivity index (χ3n) is 2.48. The van der Waals surface area contributed by atoms with Crippen LogP contribution in [0.5, 0.6) is 0 Å². The lowest BCUT2D eigenvalue weighted by molar-refractivity contribution is -0.115. The van der Waals surface area contributed by atoms with E-state index >= 15 is 0 Å². The Morgan fingerprint density at radius 1 is 1.24 bits per heavy atom. The lowest BCUT2D eigenvalue weighted by atomic mass is 10.1. The number of anilines is 1. The molecule has 0 radical (unpaired) electrons. The molecule has 1 aromatic carbocycles. The zero-order valence-corrected chi connectivity index (χ0v) is 10.9. The monoisotopic (exact) mass is 234 g/mol. The summed E-state index contributed by atoms with van der Waals surface area (Å²) in [6.45, 7) is 7.59. The van der Waals surface area contributed by atoms with Crippen molar-refractivity contribution in [3.05, 3.63) is 29.8 Å². The van der Waals surface area contributed by atoms with E-state index < -0.39 is 0 Å². The van der Waals surface area contributed by atoms with Gasteiger partial charge in [0.05, 0.1) is 6.54 Å². The Hall–Kier alpha value is -1.35. The number of hydrogen-bond acceptors (Lipinski definition) is 2. The van der Waals surface area contributed by atoms with Gasteiger partial charge < -0.3 is 10.6 Å². The molecule has 17 heavy (non-hydrogen) atoms. The van der Waals surface area contributed by atoms with Gasteiger partial charge in [0.15, 0.2) is 0 Å². The third kappa shape index (κ3) is 5.50. The average Bonchev–Trinajstić information content (AvgIpc) is 2.29. The molecule has 0 saturated carbocycles.